The smallest absolute Gasteiger partial charge is 0.250 e. The van der Waals surface area contributed by atoms with Crippen LogP contribution in [0.3, 0.4) is 0 Å². The maximum Gasteiger partial charge on any atom is 0.250 e. The summed E-state index contributed by atoms with van der Waals surface area (Å²) in [5, 5.41) is 0.992. The van der Waals surface area contributed by atoms with Gasteiger partial charge in [-0.2, -0.15) is 0 Å². The molecule has 3 atom stereocenters. The fraction of sp³-hybridized carbons (Fsp3) is 0.406. The lowest BCUT2D eigenvalue weighted by atomic mass is 9.76. The summed E-state index contributed by atoms with van der Waals surface area (Å²) in [6.45, 7) is 9.30. The van der Waals surface area contributed by atoms with E-state index in [0.717, 1.165) is 28.5 Å². The first-order valence-corrected chi connectivity index (χ1v) is 13.6. The van der Waals surface area contributed by atoms with Crippen molar-refractivity contribution in [3.8, 4) is 0 Å². The zero-order chi connectivity index (χ0) is 26.8. The highest BCUT2D eigenvalue weighted by Crippen LogP contribution is 2.39. The van der Waals surface area contributed by atoms with Crippen molar-refractivity contribution < 1.29 is 14.4 Å². The number of likely N-dealkylation sites (tertiary alicyclic amines) is 2. The van der Waals surface area contributed by atoms with Crippen LogP contribution in [0.2, 0.25) is 0 Å². The van der Waals surface area contributed by atoms with Crippen LogP contribution in [0.4, 0.5) is 0 Å². The summed E-state index contributed by atoms with van der Waals surface area (Å²) in [6, 6.07) is 15.9. The molecule has 1 aromatic heterocycles. The molecule has 3 aromatic rings. The Morgan fingerprint density at radius 2 is 1.74 bits per heavy atom. The number of aromatic nitrogens is 1. The zero-order valence-electron chi connectivity index (χ0n) is 22.6. The molecule has 2 aliphatic heterocycles. The van der Waals surface area contributed by atoms with Gasteiger partial charge >= 0.3 is 0 Å². The number of nitrogens with zero attached hydrogens (tertiary/aromatic N) is 2. The molecule has 0 saturated carbocycles. The maximum atomic E-state index is 13.9. The topological polar surface area (TPSA) is 73.5 Å². The summed E-state index contributed by atoms with van der Waals surface area (Å²) in [6.07, 6.45) is 3.68. The monoisotopic (exact) mass is 509 g/mol. The second kappa shape index (κ2) is 8.97. The van der Waals surface area contributed by atoms with E-state index in [0.29, 0.717) is 25.2 Å². The number of carbonyl (C=O) groups is 3. The van der Waals surface area contributed by atoms with E-state index in [1.54, 1.807) is 0 Å². The van der Waals surface area contributed by atoms with Crippen molar-refractivity contribution in [2.75, 3.05) is 13.1 Å². The predicted octanol–water partition coefficient (Wildman–Crippen LogP) is 5.16. The van der Waals surface area contributed by atoms with Crippen molar-refractivity contribution in [3.05, 3.63) is 76.5 Å². The fourth-order valence-corrected chi connectivity index (χ4v) is 6.52. The molecule has 1 aliphatic carbocycles. The number of hydrogen-bond acceptors (Lipinski definition) is 3. The second-order valence-corrected chi connectivity index (χ2v) is 12.3. The number of carbonyl (C=O) groups excluding carboxylic acids is 3. The number of para-hydroxylation sites is 1. The molecule has 2 amide bonds. The van der Waals surface area contributed by atoms with E-state index in [2.05, 4.69) is 24.0 Å². The van der Waals surface area contributed by atoms with Crippen LogP contribution in [-0.2, 0) is 16.0 Å². The van der Waals surface area contributed by atoms with E-state index in [-0.39, 0.29) is 41.5 Å². The number of aryl methyl sites for hydroxylation is 1. The Kier molecular flexibility index (Phi) is 5.82. The highest BCUT2D eigenvalue weighted by Gasteiger charge is 2.50. The van der Waals surface area contributed by atoms with Gasteiger partial charge in [-0.15, -0.1) is 0 Å². The minimum absolute atomic E-state index is 0.00981. The quantitative estimate of drug-likeness (QED) is 0.483. The fourth-order valence-electron chi connectivity index (χ4n) is 6.52. The molecule has 6 heteroatoms. The molecule has 2 aromatic carbocycles. The number of amides is 2. The number of fused-ring (bicyclic) bond motifs is 4. The minimum atomic E-state index is -0.431. The second-order valence-electron chi connectivity index (χ2n) is 12.3. The first-order valence-electron chi connectivity index (χ1n) is 13.6. The molecule has 1 N–H and O–H groups in total. The first kappa shape index (κ1) is 24.7. The Labute approximate surface area is 223 Å². The van der Waals surface area contributed by atoms with Crippen LogP contribution in [0, 0.1) is 18.3 Å². The lowest BCUT2D eigenvalue weighted by molar-refractivity contribution is -0.144. The van der Waals surface area contributed by atoms with Crippen molar-refractivity contribution in [2.24, 2.45) is 11.3 Å². The molecule has 2 saturated heterocycles. The molecular weight excluding hydrogens is 474 g/mol. The van der Waals surface area contributed by atoms with Crippen LogP contribution in [0.25, 0.3) is 17.0 Å². The van der Waals surface area contributed by atoms with Gasteiger partial charge in [0.05, 0.1) is 23.7 Å². The Morgan fingerprint density at radius 1 is 1.00 bits per heavy atom. The lowest BCUT2D eigenvalue weighted by Crippen LogP contribution is -2.53. The number of piperazine rings is 1. The minimum Gasteiger partial charge on any atom is -0.352 e. The number of hydrogen-bond donors (Lipinski definition) is 1. The van der Waals surface area contributed by atoms with Gasteiger partial charge in [0.1, 0.15) is 0 Å². The zero-order valence-corrected chi connectivity index (χ0v) is 22.6. The van der Waals surface area contributed by atoms with Crippen LogP contribution in [0.5, 0.6) is 0 Å². The number of aromatic amines is 1. The highest BCUT2D eigenvalue weighted by molar-refractivity contribution is 6.02. The number of Topliss-reactive ketones (excluding diaryl/α,β-unsaturated/α-hetero) is 1. The Bertz CT molecular complexity index is 1460. The van der Waals surface area contributed by atoms with E-state index in [1.165, 1.54) is 11.1 Å². The average molecular weight is 510 g/mol. The number of H-pyrrole nitrogens is 1. The highest BCUT2D eigenvalue weighted by atomic mass is 16.2. The molecule has 6 rings (SSSR count). The Morgan fingerprint density at radius 3 is 2.42 bits per heavy atom. The van der Waals surface area contributed by atoms with E-state index >= 15 is 0 Å². The summed E-state index contributed by atoms with van der Waals surface area (Å²) in [7, 11) is 0. The van der Waals surface area contributed by atoms with Crippen molar-refractivity contribution in [2.45, 2.75) is 59.0 Å². The molecule has 3 heterocycles. The van der Waals surface area contributed by atoms with Crippen LogP contribution in [0.1, 0.15) is 60.8 Å². The number of nitrogens with one attached hydrogen (secondary N) is 1. The summed E-state index contributed by atoms with van der Waals surface area (Å²) < 4.78 is 0. The average Bonchev–Trinajstić information content (AvgIpc) is 3.67. The molecule has 6 nitrogen and oxygen atoms in total. The van der Waals surface area contributed by atoms with Crippen LogP contribution in [-0.4, -0.2) is 57.6 Å². The predicted molar refractivity (Wildman–Crippen MR) is 149 cm³/mol. The SMILES string of the molecule is Cc1cccc2c1CC(C(=O)N1C[C@@H]3C[C@H]1CN3C(=O)[C@@H](CC(=O)c1cc3ccccc3[nH]1)C(C)(C)C)=C2. The van der Waals surface area contributed by atoms with Crippen LogP contribution < -0.4 is 0 Å². The number of benzene rings is 2. The number of rotatable bonds is 5. The third-order valence-corrected chi connectivity index (χ3v) is 8.77. The summed E-state index contributed by atoms with van der Waals surface area (Å²) >= 11 is 0. The van der Waals surface area contributed by atoms with Crippen molar-refractivity contribution in [1.29, 1.82) is 0 Å². The molecule has 0 spiro atoms. The molecule has 2 bridgehead atoms. The van der Waals surface area contributed by atoms with Gasteiger partial charge in [0.15, 0.2) is 5.78 Å². The number of ketones is 1. The van der Waals surface area contributed by atoms with Gasteiger partial charge in [0, 0.05) is 42.4 Å². The van der Waals surface area contributed by atoms with Gasteiger partial charge in [-0.25, -0.2) is 0 Å². The van der Waals surface area contributed by atoms with Gasteiger partial charge < -0.3 is 14.8 Å². The molecule has 38 heavy (non-hydrogen) atoms. The third kappa shape index (κ3) is 4.16. The largest absolute Gasteiger partial charge is 0.352 e. The molecule has 0 unspecified atom stereocenters. The van der Waals surface area contributed by atoms with Gasteiger partial charge in [-0.05, 0) is 53.7 Å². The Hall–Kier alpha value is -3.67. The van der Waals surface area contributed by atoms with Crippen molar-refractivity contribution >= 4 is 34.6 Å². The van der Waals surface area contributed by atoms with Crippen molar-refractivity contribution in [3.63, 3.8) is 0 Å². The van der Waals surface area contributed by atoms with E-state index in [4.69, 9.17) is 0 Å². The van der Waals surface area contributed by atoms with Gasteiger partial charge in [0.2, 0.25) is 5.91 Å². The molecule has 3 aliphatic rings. The third-order valence-electron chi connectivity index (χ3n) is 8.77. The standard InChI is InChI=1S/C32H35N3O3/c1-19-8-7-10-20-12-22(13-25(19)20)30(37)34-17-24-15-23(34)18-35(24)31(38)26(32(2,3)4)16-29(36)28-14-21-9-5-6-11-27(21)33-28/h5-12,14,23-24,26,33H,13,15-18H2,1-4H3/t23-,24-,26+/m0/s1. The van der Waals surface area contributed by atoms with Gasteiger partial charge in [0.25, 0.3) is 5.91 Å². The summed E-state index contributed by atoms with van der Waals surface area (Å²) in [4.78, 5) is 47.8. The first-order chi connectivity index (χ1) is 18.1. The lowest BCUT2D eigenvalue weighted by Gasteiger charge is -2.39. The normalized spacial score (nSPS) is 21.1. The van der Waals surface area contributed by atoms with Gasteiger partial charge in [-0.1, -0.05) is 57.2 Å². The molecular formula is C32H35N3O3. The van der Waals surface area contributed by atoms with Crippen molar-refractivity contribution in [1.82, 2.24) is 14.8 Å². The van der Waals surface area contributed by atoms with Gasteiger partial charge in [-0.3, -0.25) is 14.4 Å². The summed E-state index contributed by atoms with van der Waals surface area (Å²) in [5.41, 5.74) is 5.55. The molecule has 2 fully saturated rings. The van der Waals surface area contributed by atoms with Crippen LogP contribution >= 0.6 is 0 Å². The van der Waals surface area contributed by atoms with Crippen LogP contribution in [0.15, 0.2) is 54.1 Å². The maximum absolute atomic E-state index is 13.9. The molecule has 196 valence electrons. The van der Waals surface area contributed by atoms with E-state index < -0.39 is 5.92 Å². The summed E-state index contributed by atoms with van der Waals surface area (Å²) in [5.74, 6) is -0.343. The van der Waals surface area contributed by atoms with E-state index in [9.17, 15) is 14.4 Å². The molecule has 0 radical (unpaired) electrons. The Balaban J connectivity index is 1.14. The van der Waals surface area contributed by atoms with E-state index in [1.807, 2.05) is 73.0 Å².